The van der Waals surface area contributed by atoms with Crippen molar-refractivity contribution >= 4 is 0 Å². The molecule has 92 valence electrons. The van der Waals surface area contributed by atoms with Crippen molar-refractivity contribution in [3.63, 3.8) is 0 Å². The number of terminal acetylenes is 1. The number of nitrogens with zero attached hydrogens (tertiary/aromatic N) is 1. The van der Waals surface area contributed by atoms with Gasteiger partial charge in [-0.2, -0.15) is 0 Å². The molecule has 1 N–H and O–H groups in total. The Morgan fingerprint density at radius 1 is 1.44 bits per heavy atom. The van der Waals surface area contributed by atoms with Crippen LogP contribution in [0.25, 0.3) is 0 Å². The van der Waals surface area contributed by atoms with Crippen molar-refractivity contribution in [3.8, 4) is 12.3 Å². The molecule has 0 bridgehead atoms. The van der Waals surface area contributed by atoms with Gasteiger partial charge in [0.05, 0.1) is 6.54 Å². The van der Waals surface area contributed by atoms with Crippen molar-refractivity contribution in [1.82, 2.24) is 10.2 Å². The lowest BCUT2D eigenvalue weighted by Crippen LogP contribution is -2.46. The van der Waals surface area contributed by atoms with Gasteiger partial charge in [-0.05, 0) is 38.3 Å². The van der Waals surface area contributed by atoms with Gasteiger partial charge in [0.15, 0.2) is 0 Å². The normalized spacial score (nSPS) is 22.6. The fraction of sp³-hybridized carbons (Fsp3) is 0.857. The van der Waals surface area contributed by atoms with E-state index in [2.05, 4.69) is 36.9 Å². The number of hydrogen-bond donors (Lipinski definition) is 1. The van der Waals surface area contributed by atoms with E-state index in [1.807, 2.05) is 0 Å². The van der Waals surface area contributed by atoms with Crippen LogP contribution in [-0.4, -0.2) is 37.1 Å². The first-order chi connectivity index (χ1) is 7.61. The van der Waals surface area contributed by atoms with Gasteiger partial charge in [0.1, 0.15) is 0 Å². The Kier molecular flexibility index (Phi) is 5.31. The second-order valence-corrected chi connectivity index (χ2v) is 5.38. The number of hydrogen-bond acceptors (Lipinski definition) is 2. The molecule has 0 aliphatic carbocycles. The van der Waals surface area contributed by atoms with Crippen LogP contribution in [0.4, 0.5) is 0 Å². The molecule has 0 saturated carbocycles. The largest absolute Gasteiger partial charge is 0.305 e. The molecule has 0 aromatic rings. The molecular weight excluding hydrogens is 196 g/mol. The summed E-state index contributed by atoms with van der Waals surface area (Å²) in [5.74, 6) is 2.62. The maximum atomic E-state index is 5.22. The van der Waals surface area contributed by atoms with Crippen LogP contribution in [0.5, 0.6) is 0 Å². The molecule has 0 amide bonds. The predicted octanol–water partition coefficient (Wildman–Crippen LogP) is 2.11. The van der Waals surface area contributed by atoms with Crippen molar-refractivity contribution in [2.75, 3.05) is 26.2 Å². The van der Waals surface area contributed by atoms with E-state index in [4.69, 9.17) is 6.42 Å². The smallest absolute Gasteiger partial charge is 0.0574 e. The van der Waals surface area contributed by atoms with Crippen molar-refractivity contribution in [1.29, 1.82) is 0 Å². The molecule has 2 nitrogen and oxygen atoms in total. The summed E-state index contributed by atoms with van der Waals surface area (Å²) < 4.78 is 0. The van der Waals surface area contributed by atoms with Gasteiger partial charge in [-0.15, -0.1) is 6.42 Å². The Labute approximate surface area is 101 Å². The fourth-order valence-electron chi connectivity index (χ4n) is 2.34. The third-order valence-electron chi connectivity index (χ3n) is 4.15. The first-order valence-electron chi connectivity index (χ1n) is 6.49. The summed E-state index contributed by atoms with van der Waals surface area (Å²) in [6.45, 7) is 11.2. The Morgan fingerprint density at radius 2 is 2.06 bits per heavy atom. The van der Waals surface area contributed by atoms with Crippen LogP contribution in [0.3, 0.4) is 0 Å². The maximum Gasteiger partial charge on any atom is 0.0574 e. The number of rotatable bonds is 5. The van der Waals surface area contributed by atoms with Crippen LogP contribution < -0.4 is 5.32 Å². The highest BCUT2D eigenvalue weighted by Crippen LogP contribution is 2.34. The number of piperidine rings is 1. The average Bonchev–Trinajstić information content (AvgIpc) is 2.30. The minimum Gasteiger partial charge on any atom is -0.305 e. The Balaban J connectivity index is 2.28. The summed E-state index contributed by atoms with van der Waals surface area (Å²) in [6, 6.07) is 0.606. The highest BCUT2D eigenvalue weighted by Gasteiger charge is 2.29. The minimum absolute atomic E-state index is 0.586. The molecular formula is C14H26N2. The van der Waals surface area contributed by atoms with Crippen molar-refractivity contribution in [2.45, 2.75) is 46.1 Å². The highest BCUT2D eigenvalue weighted by molar-refractivity contribution is 4.88. The molecule has 1 unspecified atom stereocenters. The summed E-state index contributed by atoms with van der Waals surface area (Å²) in [5.41, 5.74) is 0.586. The van der Waals surface area contributed by atoms with Gasteiger partial charge in [0, 0.05) is 12.6 Å². The summed E-state index contributed by atoms with van der Waals surface area (Å²) in [6.07, 6.45) is 9.20. The van der Waals surface area contributed by atoms with Crippen LogP contribution >= 0.6 is 0 Å². The van der Waals surface area contributed by atoms with Crippen molar-refractivity contribution < 1.29 is 0 Å². The van der Waals surface area contributed by atoms with E-state index in [0.29, 0.717) is 18.0 Å². The van der Waals surface area contributed by atoms with Crippen LogP contribution in [0.1, 0.15) is 40.0 Å². The summed E-state index contributed by atoms with van der Waals surface area (Å²) in [4.78, 5) is 2.58. The molecule has 2 heteroatoms. The Morgan fingerprint density at radius 3 is 2.56 bits per heavy atom. The van der Waals surface area contributed by atoms with E-state index in [9.17, 15) is 0 Å². The van der Waals surface area contributed by atoms with E-state index in [1.54, 1.807) is 0 Å². The molecule has 1 aliphatic rings. The van der Waals surface area contributed by atoms with Crippen LogP contribution in [0, 0.1) is 17.8 Å². The molecule has 1 atom stereocenters. The van der Waals surface area contributed by atoms with Gasteiger partial charge < -0.3 is 5.32 Å². The standard InChI is InChI=1S/C14H26N2/c1-5-9-15-12-13(3)16-10-7-14(4,6-2)8-11-16/h1,13,15H,6-12H2,2-4H3. The highest BCUT2D eigenvalue weighted by atomic mass is 15.2. The summed E-state index contributed by atoms with van der Waals surface area (Å²) in [5, 5.41) is 3.29. The third kappa shape index (κ3) is 3.81. The second-order valence-electron chi connectivity index (χ2n) is 5.38. The molecule has 0 aromatic carbocycles. The number of nitrogens with one attached hydrogen (secondary N) is 1. The van der Waals surface area contributed by atoms with E-state index in [1.165, 1.54) is 32.4 Å². The van der Waals surface area contributed by atoms with Crippen molar-refractivity contribution in [2.24, 2.45) is 5.41 Å². The third-order valence-corrected chi connectivity index (χ3v) is 4.15. The van der Waals surface area contributed by atoms with Gasteiger partial charge in [-0.1, -0.05) is 26.2 Å². The molecule has 1 rings (SSSR count). The SMILES string of the molecule is C#CCNCC(C)N1CCC(C)(CC)CC1. The second kappa shape index (κ2) is 6.27. The molecule has 1 heterocycles. The van der Waals surface area contributed by atoms with Gasteiger partial charge in [-0.25, -0.2) is 0 Å². The molecule has 1 saturated heterocycles. The average molecular weight is 222 g/mol. The van der Waals surface area contributed by atoms with Gasteiger partial charge >= 0.3 is 0 Å². The lowest BCUT2D eigenvalue weighted by atomic mass is 9.78. The monoisotopic (exact) mass is 222 g/mol. The van der Waals surface area contributed by atoms with E-state index in [0.717, 1.165) is 6.54 Å². The molecule has 0 radical (unpaired) electrons. The maximum absolute atomic E-state index is 5.22. The van der Waals surface area contributed by atoms with Crippen LogP contribution in [-0.2, 0) is 0 Å². The Bertz CT molecular complexity index is 234. The Hall–Kier alpha value is -0.520. The van der Waals surface area contributed by atoms with Crippen LogP contribution in [0.2, 0.25) is 0 Å². The molecule has 16 heavy (non-hydrogen) atoms. The van der Waals surface area contributed by atoms with Gasteiger partial charge in [0.2, 0.25) is 0 Å². The van der Waals surface area contributed by atoms with Gasteiger partial charge in [-0.3, -0.25) is 4.90 Å². The van der Waals surface area contributed by atoms with E-state index < -0.39 is 0 Å². The first kappa shape index (κ1) is 13.5. The lowest BCUT2D eigenvalue weighted by Gasteiger charge is -2.41. The van der Waals surface area contributed by atoms with Gasteiger partial charge in [0.25, 0.3) is 0 Å². The quantitative estimate of drug-likeness (QED) is 0.566. The van der Waals surface area contributed by atoms with E-state index >= 15 is 0 Å². The lowest BCUT2D eigenvalue weighted by molar-refractivity contribution is 0.0865. The molecule has 0 aromatic heterocycles. The zero-order chi connectivity index (χ0) is 12.0. The minimum atomic E-state index is 0.586. The van der Waals surface area contributed by atoms with Crippen molar-refractivity contribution in [3.05, 3.63) is 0 Å². The fourth-order valence-corrected chi connectivity index (χ4v) is 2.34. The first-order valence-corrected chi connectivity index (χ1v) is 6.49. The molecule has 0 spiro atoms. The zero-order valence-corrected chi connectivity index (χ0v) is 11.1. The molecule has 1 aliphatic heterocycles. The van der Waals surface area contributed by atoms with Crippen LogP contribution in [0.15, 0.2) is 0 Å². The zero-order valence-electron chi connectivity index (χ0n) is 11.1. The molecule has 1 fully saturated rings. The van der Waals surface area contributed by atoms with E-state index in [-0.39, 0.29) is 0 Å². The topological polar surface area (TPSA) is 15.3 Å². The summed E-state index contributed by atoms with van der Waals surface area (Å²) in [7, 11) is 0. The number of likely N-dealkylation sites (tertiary alicyclic amines) is 1. The summed E-state index contributed by atoms with van der Waals surface area (Å²) >= 11 is 0. The predicted molar refractivity (Wildman–Crippen MR) is 70.4 cm³/mol.